The van der Waals surface area contributed by atoms with Crippen LogP contribution in [0.5, 0.6) is 5.75 Å². The first-order chi connectivity index (χ1) is 22.1. The summed E-state index contributed by atoms with van der Waals surface area (Å²) >= 11 is 0. The molecule has 0 aliphatic carbocycles. The second-order valence-electron chi connectivity index (χ2n) is 10.5. The Morgan fingerprint density at radius 1 is 0.978 bits per heavy atom. The molecule has 0 saturated carbocycles. The number of halogens is 3. The van der Waals surface area contributed by atoms with E-state index in [1.807, 2.05) is 0 Å². The smallest absolute Gasteiger partial charge is 0.416 e. The van der Waals surface area contributed by atoms with Gasteiger partial charge in [-0.25, -0.2) is 14.8 Å². The number of aromatic nitrogens is 2. The maximum atomic E-state index is 13.2. The van der Waals surface area contributed by atoms with Crippen LogP contribution in [0.4, 0.5) is 46.7 Å². The van der Waals surface area contributed by atoms with Crippen LogP contribution in [0.25, 0.3) is 0 Å². The number of nitrogens with two attached hydrogens (primary N) is 1. The first-order valence-electron chi connectivity index (χ1n) is 14.4. The molecule has 0 unspecified atom stereocenters. The standard InChI is InChI=1S/C32H33F3N8O3/c1-20-2-5-24(18-26(20)32(33,34)35)42-31(44)41-23-8-6-22(7-9-23)40-30-27(29(37)38-19-39-30)28(36)21-3-10-25(11-4-21)46-17-14-43-12-15-45-16-13-43/h2-11,18-19,36H,12-17H2,1H3,(H2,41,42,44)(H3,37,38,39,40). The Bertz CT molecular complexity index is 1680. The number of alkyl halides is 3. The highest BCUT2D eigenvalue weighted by molar-refractivity contribution is 6.16. The quantitative estimate of drug-likeness (QED) is 0.135. The van der Waals surface area contributed by atoms with Gasteiger partial charge in [0, 0.05) is 42.3 Å². The second-order valence-corrected chi connectivity index (χ2v) is 10.5. The summed E-state index contributed by atoms with van der Waals surface area (Å²) < 4.78 is 50.9. The molecule has 240 valence electrons. The number of carbonyl (C=O) groups excluding carboxylic acids is 1. The minimum Gasteiger partial charge on any atom is -0.492 e. The van der Waals surface area contributed by atoms with E-state index in [-0.39, 0.29) is 22.8 Å². The van der Waals surface area contributed by atoms with E-state index < -0.39 is 17.8 Å². The number of aryl methyl sites for hydroxylation is 1. The van der Waals surface area contributed by atoms with Gasteiger partial charge in [-0.1, -0.05) is 6.07 Å². The summed E-state index contributed by atoms with van der Waals surface area (Å²) in [6, 6.07) is 16.6. The van der Waals surface area contributed by atoms with Crippen molar-refractivity contribution in [1.82, 2.24) is 14.9 Å². The van der Waals surface area contributed by atoms with Crippen LogP contribution in [0.3, 0.4) is 0 Å². The van der Waals surface area contributed by atoms with E-state index in [0.717, 1.165) is 38.9 Å². The third-order valence-corrected chi connectivity index (χ3v) is 7.26. The molecule has 6 N–H and O–H groups in total. The van der Waals surface area contributed by atoms with Crippen molar-refractivity contribution in [2.45, 2.75) is 13.1 Å². The number of ether oxygens (including phenoxy) is 2. The highest BCUT2D eigenvalue weighted by atomic mass is 19.4. The van der Waals surface area contributed by atoms with Crippen molar-refractivity contribution in [2.24, 2.45) is 0 Å². The van der Waals surface area contributed by atoms with Gasteiger partial charge in [-0.15, -0.1) is 0 Å². The third kappa shape index (κ3) is 8.28. The first-order valence-corrected chi connectivity index (χ1v) is 14.4. The maximum absolute atomic E-state index is 13.2. The van der Waals surface area contributed by atoms with Gasteiger partial charge in [0.15, 0.2) is 0 Å². The van der Waals surface area contributed by atoms with Crippen molar-refractivity contribution in [2.75, 3.05) is 61.1 Å². The lowest BCUT2D eigenvalue weighted by atomic mass is 10.0. The summed E-state index contributed by atoms with van der Waals surface area (Å²) in [5.74, 6) is 1.11. The zero-order valence-corrected chi connectivity index (χ0v) is 24.9. The van der Waals surface area contributed by atoms with Crippen molar-refractivity contribution >= 4 is 40.4 Å². The average Bonchev–Trinajstić information content (AvgIpc) is 3.03. The number of urea groups is 1. The number of nitrogen functional groups attached to an aromatic ring is 1. The number of nitrogens with one attached hydrogen (secondary N) is 4. The SMILES string of the molecule is Cc1ccc(NC(=O)Nc2ccc(Nc3ncnc(N)c3C(=N)c3ccc(OCCN4CCOCC4)cc3)cc2)cc1C(F)(F)F. The lowest BCUT2D eigenvalue weighted by Crippen LogP contribution is -2.38. The fraction of sp³-hybridized carbons (Fsp3) is 0.250. The zero-order valence-electron chi connectivity index (χ0n) is 24.9. The first kappa shape index (κ1) is 32.2. The number of morpholine rings is 1. The molecule has 0 spiro atoms. The molecule has 0 atom stereocenters. The molecule has 46 heavy (non-hydrogen) atoms. The molecule has 2 heterocycles. The van der Waals surface area contributed by atoms with Crippen molar-refractivity contribution in [3.8, 4) is 5.75 Å². The molecular weight excluding hydrogens is 601 g/mol. The van der Waals surface area contributed by atoms with Gasteiger partial charge in [0.2, 0.25) is 0 Å². The molecule has 1 aliphatic heterocycles. The van der Waals surface area contributed by atoms with E-state index in [1.165, 1.54) is 25.4 Å². The molecule has 1 saturated heterocycles. The number of nitrogens with zero attached hydrogens (tertiary/aromatic N) is 3. The van der Waals surface area contributed by atoms with Gasteiger partial charge in [0.1, 0.15) is 30.3 Å². The highest BCUT2D eigenvalue weighted by Gasteiger charge is 2.32. The highest BCUT2D eigenvalue weighted by Crippen LogP contribution is 2.33. The van der Waals surface area contributed by atoms with Crippen LogP contribution < -0.4 is 26.4 Å². The molecule has 0 bridgehead atoms. The molecule has 14 heteroatoms. The summed E-state index contributed by atoms with van der Waals surface area (Å²) in [6.07, 6.45) is -3.24. The molecule has 5 rings (SSSR count). The predicted molar refractivity (Wildman–Crippen MR) is 170 cm³/mol. The van der Waals surface area contributed by atoms with Crippen LogP contribution in [0, 0.1) is 12.3 Å². The van der Waals surface area contributed by atoms with Crippen LogP contribution in [0.1, 0.15) is 22.3 Å². The van der Waals surface area contributed by atoms with Gasteiger partial charge in [-0.05, 0) is 73.2 Å². The monoisotopic (exact) mass is 634 g/mol. The Labute approximate surface area is 263 Å². The Balaban J connectivity index is 1.20. The van der Waals surface area contributed by atoms with Crippen LogP contribution in [-0.4, -0.2) is 66.1 Å². The topological polar surface area (TPSA) is 151 Å². The fourth-order valence-electron chi connectivity index (χ4n) is 4.79. The van der Waals surface area contributed by atoms with E-state index in [1.54, 1.807) is 48.5 Å². The van der Waals surface area contributed by atoms with E-state index >= 15 is 0 Å². The van der Waals surface area contributed by atoms with E-state index in [4.69, 9.17) is 20.6 Å². The fourth-order valence-corrected chi connectivity index (χ4v) is 4.79. The Hall–Kier alpha value is -5.21. The third-order valence-electron chi connectivity index (χ3n) is 7.26. The minimum absolute atomic E-state index is 0.0102. The maximum Gasteiger partial charge on any atom is 0.416 e. The lowest BCUT2D eigenvalue weighted by Gasteiger charge is -2.26. The molecule has 1 fully saturated rings. The van der Waals surface area contributed by atoms with E-state index in [2.05, 4.69) is 30.8 Å². The summed E-state index contributed by atoms with van der Waals surface area (Å²) in [7, 11) is 0. The average molecular weight is 635 g/mol. The number of hydrogen-bond donors (Lipinski definition) is 5. The van der Waals surface area contributed by atoms with Gasteiger partial charge in [0.05, 0.1) is 30.1 Å². The van der Waals surface area contributed by atoms with Crippen molar-refractivity contribution in [3.05, 3.63) is 95.3 Å². The van der Waals surface area contributed by atoms with Crippen molar-refractivity contribution in [3.63, 3.8) is 0 Å². The summed E-state index contributed by atoms with van der Waals surface area (Å²) in [4.78, 5) is 23.1. The van der Waals surface area contributed by atoms with Gasteiger partial charge in [-0.2, -0.15) is 13.2 Å². The van der Waals surface area contributed by atoms with Crippen molar-refractivity contribution in [1.29, 1.82) is 5.41 Å². The molecule has 11 nitrogen and oxygen atoms in total. The largest absolute Gasteiger partial charge is 0.492 e. The molecule has 2 amide bonds. The van der Waals surface area contributed by atoms with Gasteiger partial charge in [0.25, 0.3) is 0 Å². The summed E-state index contributed by atoms with van der Waals surface area (Å²) in [5.41, 5.74) is 7.41. The van der Waals surface area contributed by atoms with E-state index in [0.29, 0.717) is 40.7 Å². The summed E-state index contributed by atoms with van der Waals surface area (Å²) in [6.45, 7) is 5.94. The van der Waals surface area contributed by atoms with E-state index in [9.17, 15) is 18.0 Å². The second kappa shape index (κ2) is 14.3. The molecule has 4 aromatic rings. The van der Waals surface area contributed by atoms with Crippen LogP contribution in [0.15, 0.2) is 73.1 Å². The number of hydrogen-bond acceptors (Lipinski definition) is 9. The minimum atomic E-state index is -4.53. The number of anilines is 5. The van der Waals surface area contributed by atoms with Crippen LogP contribution in [0.2, 0.25) is 0 Å². The van der Waals surface area contributed by atoms with Crippen LogP contribution in [-0.2, 0) is 10.9 Å². The van der Waals surface area contributed by atoms with Crippen LogP contribution >= 0.6 is 0 Å². The Morgan fingerprint density at radius 3 is 2.33 bits per heavy atom. The zero-order chi connectivity index (χ0) is 32.7. The van der Waals surface area contributed by atoms with Crippen molar-refractivity contribution < 1.29 is 27.4 Å². The number of carbonyl (C=O) groups is 1. The Kier molecular flexibility index (Phi) is 9.98. The normalized spacial score (nSPS) is 13.6. The Morgan fingerprint density at radius 2 is 1.63 bits per heavy atom. The predicted octanol–water partition coefficient (Wildman–Crippen LogP) is 5.90. The number of benzene rings is 3. The lowest BCUT2D eigenvalue weighted by molar-refractivity contribution is -0.138. The van der Waals surface area contributed by atoms with Gasteiger partial charge < -0.3 is 31.2 Å². The number of rotatable bonds is 10. The molecule has 3 aromatic carbocycles. The molecular formula is C32H33F3N8O3. The number of amides is 2. The molecule has 0 radical (unpaired) electrons. The molecule has 1 aromatic heterocycles. The molecule has 1 aliphatic rings. The van der Waals surface area contributed by atoms with Gasteiger partial charge in [-0.3, -0.25) is 10.3 Å². The van der Waals surface area contributed by atoms with Gasteiger partial charge >= 0.3 is 12.2 Å². The summed E-state index contributed by atoms with van der Waals surface area (Å²) in [5, 5.41) is 17.0.